The molecule has 32 heavy (non-hydrogen) atoms. The molecule has 3 rings (SSSR count). The zero-order valence-corrected chi connectivity index (χ0v) is 19.7. The van der Waals surface area contributed by atoms with Crippen molar-refractivity contribution in [2.75, 3.05) is 18.6 Å². The molecule has 7 nitrogen and oxygen atoms in total. The Morgan fingerprint density at radius 2 is 1.81 bits per heavy atom. The average molecular weight is 442 g/mol. The Balaban J connectivity index is 2.37. The first-order valence-electron chi connectivity index (χ1n) is 11.6. The number of aliphatic hydroxyl groups excluding tert-OH is 1. The number of nitrogens with zero attached hydrogens (tertiary/aromatic N) is 1. The van der Waals surface area contributed by atoms with Crippen LogP contribution in [0.3, 0.4) is 0 Å². The molecular formula is C25H35N3O4. The minimum Gasteiger partial charge on any atom is -0.394 e. The number of H-pyrrole nitrogens is 1. The Labute approximate surface area is 189 Å². The first-order valence-corrected chi connectivity index (χ1v) is 11.6. The number of hydrogen-bond acceptors (Lipinski definition) is 5. The Kier molecular flexibility index (Phi) is 7.39. The zero-order valence-electron chi connectivity index (χ0n) is 19.7. The zero-order chi connectivity index (χ0) is 23.6. The number of nitrogens with one attached hydrogen (secondary N) is 2. The molecule has 0 aliphatic carbocycles. The number of rotatable bonds is 8. The molecule has 0 unspecified atom stereocenters. The first kappa shape index (κ1) is 24.0. The van der Waals surface area contributed by atoms with Crippen LogP contribution < -0.4 is 10.2 Å². The number of carbonyl (C=O) groups is 3. The maximum absolute atomic E-state index is 13.1. The third-order valence-electron chi connectivity index (χ3n) is 6.28. The lowest BCUT2D eigenvalue weighted by Gasteiger charge is -2.32. The largest absolute Gasteiger partial charge is 0.394 e. The summed E-state index contributed by atoms with van der Waals surface area (Å²) >= 11 is 0. The summed E-state index contributed by atoms with van der Waals surface area (Å²) in [6, 6.07) is 2.71. The fourth-order valence-corrected chi connectivity index (χ4v) is 4.80. The lowest BCUT2D eigenvalue weighted by atomic mass is 9.95. The number of likely N-dealkylation sites (N-methyl/N-ethyl adjacent to an activating group) is 1. The van der Waals surface area contributed by atoms with Crippen molar-refractivity contribution in [3.63, 3.8) is 0 Å². The maximum atomic E-state index is 13.1. The van der Waals surface area contributed by atoms with Crippen LogP contribution >= 0.6 is 0 Å². The van der Waals surface area contributed by atoms with E-state index in [1.54, 1.807) is 6.07 Å². The molecule has 1 aromatic heterocycles. The van der Waals surface area contributed by atoms with Gasteiger partial charge in [0.05, 0.1) is 23.9 Å². The van der Waals surface area contributed by atoms with E-state index in [1.165, 1.54) is 0 Å². The highest BCUT2D eigenvalue weighted by molar-refractivity contribution is 6.14. The molecule has 0 radical (unpaired) electrons. The summed E-state index contributed by atoms with van der Waals surface area (Å²) in [5.74, 6) is -0.144. The van der Waals surface area contributed by atoms with Crippen molar-refractivity contribution in [2.24, 2.45) is 5.92 Å². The Morgan fingerprint density at radius 1 is 1.16 bits per heavy atom. The van der Waals surface area contributed by atoms with Gasteiger partial charge in [-0.1, -0.05) is 27.7 Å². The van der Waals surface area contributed by atoms with Gasteiger partial charge in [-0.15, -0.1) is 0 Å². The van der Waals surface area contributed by atoms with Crippen molar-refractivity contribution in [1.82, 2.24) is 10.3 Å². The second-order valence-electron chi connectivity index (χ2n) is 9.10. The molecule has 7 heteroatoms. The highest BCUT2D eigenvalue weighted by Gasteiger charge is 2.34. The van der Waals surface area contributed by atoms with E-state index in [1.807, 2.05) is 45.7 Å². The minimum absolute atomic E-state index is 0.0116. The molecule has 0 saturated carbocycles. The van der Waals surface area contributed by atoms with Crippen molar-refractivity contribution < 1.29 is 19.5 Å². The summed E-state index contributed by atoms with van der Waals surface area (Å²) in [6.45, 7) is 7.65. The Bertz CT molecular complexity index is 1020. The fraction of sp³-hybridized carbons (Fsp3) is 0.560. The lowest BCUT2D eigenvalue weighted by molar-refractivity contribution is -0.124. The van der Waals surface area contributed by atoms with Gasteiger partial charge in [0.15, 0.2) is 11.6 Å². The SMILES string of the molecule is CCCC(=O)c1[nH]c2c(C(=O)CCC)ccc3c2c1C[C@@H](CO)NC(=O)[C@H](C(C)C)N3C. The third kappa shape index (κ3) is 4.31. The van der Waals surface area contributed by atoms with Crippen molar-refractivity contribution in [2.45, 2.75) is 71.9 Å². The first-order chi connectivity index (χ1) is 15.2. The summed E-state index contributed by atoms with van der Waals surface area (Å²) < 4.78 is 0. The van der Waals surface area contributed by atoms with Gasteiger partial charge >= 0.3 is 0 Å². The van der Waals surface area contributed by atoms with Crippen LogP contribution in [0, 0.1) is 5.92 Å². The molecule has 2 aromatic rings. The normalized spacial score (nSPS) is 19.0. The van der Waals surface area contributed by atoms with E-state index < -0.39 is 12.1 Å². The third-order valence-corrected chi connectivity index (χ3v) is 6.28. The molecule has 3 N–H and O–H groups in total. The molecule has 0 fully saturated rings. The molecule has 0 bridgehead atoms. The van der Waals surface area contributed by atoms with Crippen LogP contribution in [0.25, 0.3) is 10.9 Å². The van der Waals surface area contributed by atoms with E-state index in [9.17, 15) is 19.5 Å². The van der Waals surface area contributed by atoms with Gasteiger partial charge in [0.1, 0.15) is 6.04 Å². The smallest absolute Gasteiger partial charge is 0.243 e. The van der Waals surface area contributed by atoms with E-state index in [0.29, 0.717) is 42.5 Å². The van der Waals surface area contributed by atoms with Crippen LogP contribution in [0.4, 0.5) is 5.69 Å². The molecule has 1 aliphatic rings. The number of anilines is 1. The molecule has 0 spiro atoms. The molecule has 2 heterocycles. The van der Waals surface area contributed by atoms with Crippen molar-refractivity contribution >= 4 is 34.1 Å². The highest BCUT2D eigenvalue weighted by Crippen LogP contribution is 2.38. The highest BCUT2D eigenvalue weighted by atomic mass is 16.3. The van der Waals surface area contributed by atoms with E-state index >= 15 is 0 Å². The van der Waals surface area contributed by atoms with Crippen molar-refractivity contribution in [3.8, 4) is 0 Å². The van der Waals surface area contributed by atoms with Gasteiger partial charge < -0.3 is 20.3 Å². The summed E-state index contributed by atoms with van der Waals surface area (Å²) in [6.07, 6.45) is 2.55. The molecule has 1 amide bonds. The van der Waals surface area contributed by atoms with Gasteiger partial charge in [0.25, 0.3) is 0 Å². The second kappa shape index (κ2) is 9.86. The van der Waals surface area contributed by atoms with Crippen LogP contribution in [0.15, 0.2) is 12.1 Å². The quantitative estimate of drug-likeness (QED) is 0.543. The van der Waals surface area contributed by atoms with Gasteiger partial charge in [-0.05, 0) is 42.9 Å². The van der Waals surface area contributed by atoms with Crippen LogP contribution in [-0.4, -0.2) is 53.3 Å². The number of aliphatic hydroxyl groups is 1. The molecule has 2 atom stereocenters. The predicted octanol–water partition coefficient (Wildman–Crippen LogP) is 3.63. The summed E-state index contributed by atoms with van der Waals surface area (Å²) in [7, 11) is 1.87. The van der Waals surface area contributed by atoms with E-state index in [0.717, 1.165) is 23.1 Å². The second-order valence-corrected chi connectivity index (χ2v) is 9.10. The monoisotopic (exact) mass is 441 g/mol. The number of ketones is 2. The Morgan fingerprint density at radius 3 is 2.41 bits per heavy atom. The maximum Gasteiger partial charge on any atom is 0.243 e. The Hall–Kier alpha value is -2.67. The van der Waals surface area contributed by atoms with Crippen LogP contribution in [0.1, 0.15) is 79.8 Å². The van der Waals surface area contributed by atoms with E-state index in [2.05, 4.69) is 10.3 Å². The van der Waals surface area contributed by atoms with Gasteiger partial charge in [-0.2, -0.15) is 0 Å². The number of amides is 1. The predicted molar refractivity (Wildman–Crippen MR) is 127 cm³/mol. The van der Waals surface area contributed by atoms with Gasteiger partial charge in [-0.25, -0.2) is 0 Å². The topological polar surface area (TPSA) is 102 Å². The average Bonchev–Trinajstić information content (AvgIpc) is 3.12. The molecule has 1 aromatic carbocycles. The molecule has 1 aliphatic heterocycles. The van der Waals surface area contributed by atoms with Crippen molar-refractivity contribution in [3.05, 3.63) is 29.0 Å². The van der Waals surface area contributed by atoms with Gasteiger partial charge in [0.2, 0.25) is 5.91 Å². The van der Waals surface area contributed by atoms with Crippen LogP contribution in [-0.2, 0) is 11.2 Å². The summed E-state index contributed by atoms with van der Waals surface area (Å²) in [5.41, 5.74) is 3.26. The minimum atomic E-state index is -0.523. The molecule has 174 valence electrons. The lowest BCUT2D eigenvalue weighted by Crippen LogP contribution is -2.52. The van der Waals surface area contributed by atoms with Crippen LogP contribution in [0.2, 0.25) is 0 Å². The number of carbonyl (C=O) groups excluding carboxylic acids is 3. The fourth-order valence-electron chi connectivity index (χ4n) is 4.80. The van der Waals surface area contributed by atoms with E-state index in [-0.39, 0.29) is 30.0 Å². The summed E-state index contributed by atoms with van der Waals surface area (Å²) in [5, 5.41) is 13.8. The summed E-state index contributed by atoms with van der Waals surface area (Å²) in [4.78, 5) is 44.3. The van der Waals surface area contributed by atoms with Crippen LogP contribution in [0.5, 0.6) is 0 Å². The van der Waals surface area contributed by atoms with Crippen molar-refractivity contribution in [1.29, 1.82) is 0 Å². The van der Waals surface area contributed by atoms with Gasteiger partial charge in [-0.3, -0.25) is 14.4 Å². The number of Topliss-reactive ketones (excluding diaryl/α,β-unsaturated/α-hetero) is 2. The standard InChI is InChI=1S/C25H35N3O4/c1-6-8-19(30)16-10-11-18-21-17(22(27-23(16)21)20(31)9-7-2)12-15(13-29)26-25(32)24(14(3)4)28(18)5/h10-11,14-15,24,27,29H,6-9,12-13H2,1-5H3,(H,26,32)/t15-,24-/m0/s1. The number of aromatic nitrogens is 1. The number of benzene rings is 1. The number of aromatic amines is 1. The van der Waals surface area contributed by atoms with Gasteiger partial charge in [0, 0.05) is 36.5 Å². The number of hydrogen-bond donors (Lipinski definition) is 3. The van der Waals surface area contributed by atoms with E-state index in [4.69, 9.17) is 0 Å². The molecular weight excluding hydrogens is 406 g/mol. The molecule has 0 saturated heterocycles.